The highest BCUT2D eigenvalue weighted by Crippen LogP contribution is 2.28. The van der Waals surface area contributed by atoms with Crippen molar-refractivity contribution in [3.8, 4) is 0 Å². The van der Waals surface area contributed by atoms with Crippen molar-refractivity contribution < 1.29 is 9.59 Å². The number of nitrogens with zero attached hydrogens (tertiary/aromatic N) is 2. The summed E-state index contributed by atoms with van der Waals surface area (Å²) in [5.74, 6) is 0.833. The van der Waals surface area contributed by atoms with E-state index >= 15 is 0 Å². The zero-order valence-electron chi connectivity index (χ0n) is 12.4. The van der Waals surface area contributed by atoms with Crippen LogP contribution in [0.1, 0.15) is 30.3 Å². The molecule has 1 aromatic heterocycles. The van der Waals surface area contributed by atoms with Crippen LogP contribution in [0.25, 0.3) is 0 Å². The van der Waals surface area contributed by atoms with Gasteiger partial charge in [-0.1, -0.05) is 18.7 Å². The number of likely N-dealkylation sites (tertiary alicyclic amines) is 1. The van der Waals surface area contributed by atoms with Crippen molar-refractivity contribution in [3.05, 3.63) is 10.6 Å². The molecule has 0 radical (unpaired) electrons. The van der Waals surface area contributed by atoms with Crippen LogP contribution in [0.5, 0.6) is 0 Å². The summed E-state index contributed by atoms with van der Waals surface area (Å²) in [6, 6.07) is 0. The van der Waals surface area contributed by atoms with Crippen LogP contribution >= 0.6 is 23.1 Å². The van der Waals surface area contributed by atoms with E-state index in [4.69, 9.17) is 5.73 Å². The Hall–Kier alpha value is -1.08. The van der Waals surface area contributed by atoms with Gasteiger partial charge in [0.1, 0.15) is 0 Å². The molecule has 0 spiro atoms. The van der Waals surface area contributed by atoms with E-state index in [0.717, 1.165) is 34.4 Å². The highest BCUT2D eigenvalue weighted by Gasteiger charge is 2.21. The molecule has 0 saturated carbocycles. The van der Waals surface area contributed by atoms with Crippen molar-refractivity contribution in [2.24, 2.45) is 11.7 Å². The second-order valence-electron chi connectivity index (χ2n) is 5.51. The standard InChI is InChI=1S/C14H21N3O2S2/c1-9-4-3-5-17(7-9)13(19)8-20-14-16-10(2)11(21-14)6-12(15)18/h9H,3-8H2,1-2H3,(H2,15,18)/t9-/m1/s1. The lowest BCUT2D eigenvalue weighted by Crippen LogP contribution is -2.40. The molecule has 5 nitrogen and oxygen atoms in total. The minimum absolute atomic E-state index is 0.177. The van der Waals surface area contributed by atoms with Crippen molar-refractivity contribution in [1.82, 2.24) is 9.88 Å². The number of carbonyl (C=O) groups excluding carboxylic acids is 2. The monoisotopic (exact) mass is 327 g/mol. The first kappa shape index (κ1) is 16.3. The van der Waals surface area contributed by atoms with Gasteiger partial charge >= 0.3 is 0 Å². The average Bonchev–Trinajstić information content (AvgIpc) is 2.76. The van der Waals surface area contributed by atoms with Gasteiger partial charge < -0.3 is 10.6 Å². The Morgan fingerprint density at radius 3 is 2.95 bits per heavy atom. The highest BCUT2D eigenvalue weighted by molar-refractivity contribution is 8.01. The first-order valence-electron chi connectivity index (χ1n) is 7.11. The molecule has 0 bridgehead atoms. The van der Waals surface area contributed by atoms with E-state index in [2.05, 4.69) is 11.9 Å². The molecule has 1 atom stereocenters. The van der Waals surface area contributed by atoms with Gasteiger partial charge in [-0.15, -0.1) is 11.3 Å². The number of primary amides is 1. The molecule has 21 heavy (non-hydrogen) atoms. The maximum Gasteiger partial charge on any atom is 0.233 e. The van der Waals surface area contributed by atoms with Crippen LogP contribution in [0.15, 0.2) is 4.34 Å². The molecule has 1 aliphatic rings. The van der Waals surface area contributed by atoms with Gasteiger partial charge in [0, 0.05) is 18.0 Å². The van der Waals surface area contributed by atoms with Crippen LogP contribution in [-0.4, -0.2) is 40.5 Å². The molecule has 0 aromatic carbocycles. The maximum absolute atomic E-state index is 12.2. The van der Waals surface area contributed by atoms with E-state index in [1.165, 1.54) is 29.5 Å². The number of hydrogen-bond donors (Lipinski definition) is 1. The topological polar surface area (TPSA) is 76.3 Å². The molecule has 2 N–H and O–H groups in total. The largest absolute Gasteiger partial charge is 0.369 e. The second kappa shape index (κ2) is 7.26. The van der Waals surface area contributed by atoms with Gasteiger partial charge in [0.2, 0.25) is 11.8 Å². The molecule has 1 aliphatic heterocycles. The SMILES string of the molecule is Cc1nc(SCC(=O)N2CCC[C@@H](C)C2)sc1CC(N)=O. The van der Waals surface area contributed by atoms with E-state index in [-0.39, 0.29) is 18.2 Å². The number of nitrogens with two attached hydrogens (primary N) is 1. The number of piperidine rings is 1. The van der Waals surface area contributed by atoms with Crippen LogP contribution in [0.4, 0.5) is 0 Å². The lowest BCUT2D eigenvalue weighted by Gasteiger charge is -2.30. The number of thioether (sulfide) groups is 1. The number of hydrogen-bond acceptors (Lipinski definition) is 5. The summed E-state index contributed by atoms with van der Waals surface area (Å²) in [7, 11) is 0. The van der Waals surface area contributed by atoms with Crippen molar-refractivity contribution in [3.63, 3.8) is 0 Å². The molecule has 7 heteroatoms. The normalized spacial score (nSPS) is 18.8. The smallest absolute Gasteiger partial charge is 0.233 e. The number of amides is 2. The van der Waals surface area contributed by atoms with Gasteiger partial charge in [0.05, 0.1) is 17.9 Å². The molecule has 2 amide bonds. The second-order valence-corrected chi connectivity index (χ2v) is 7.81. The third kappa shape index (κ3) is 4.71. The van der Waals surface area contributed by atoms with Gasteiger partial charge in [0.25, 0.3) is 0 Å². The molecular formula is C14H21N3O2S2. The summed E-state index contributed by atoms with van der Waals surface area (Å²) in [5.41, 5.74) is 6.04. The van der Waals surface area contributed by atoms with Gasteiger partial charge in [-0.25, -0.2) is 4.98 Å². The zero-order valence-corrected chi connectivity index (χ0v) is 14.1. The minimum Gasteiger partial charge on any atom is -0.369 e. The fourth-order valence-electron chi connectivity index (χ4n) is 2.42. The summed E-state index contributed by atoms with van der Waals surface area (Å²) in [6.07, 6.45) is 2.53. The molecule has 1 saturated heterocycles. The Kier molecular flexibility index (Phi) is 5.64. The predicted molar refractivity (Wildman–Crippen MR) is 85.5 cm³/mol. The number of aromatic nitrogens is 1. The third-order valence-corrected chi connectivity index (χ3v) is 5.82. The van der Waals surface area contributed by atoms with Crippen molar-refractivity contribution in [2.75, 3.05) is 18.8 Å². The van der Waals surface area contributed by atoms with Crippen LogP contribution in [0, 0.1) is 12.8 Å². The third-order valence-electron chi connectivity index (χ3n) is 3.54. The lowest BCUT2D eigenvalue weighted by atomic mass is 10.0. The van der Waals surface area contributed by atoms with Crippen molar-refractivity contribution in [2.45, 2.75) is 37.4 Å². The predicted octanol–water partition coefficient (Wildman–Crippen LogP) is 1.83. The number of thiazole rings is 1. The average molecular weight is 327 g/mol. The fourth-order valence-corrected chi connectivity index (χ4v) is 4.56. The first-order valence-corrected chi connectivity index (χ1v) is 8.91. The van der Waals surface area contributed by atoms with Crippen molar-refractivity contribution >= 4 is 34.9 Å². The molecule has 2 rings (SSSR count). The summed E-state index contributed by atoms with van der Waals surface area (Å²) in [5, 5.41) is 0. The van der Waals surface area contributed by atoms with E-state index in [1.807, 2.05) is 11.8 Å². The van der Waals surface area contributed by atoms with E-state index < -0.39 is 0 Å². The highest BCUT2D eigenvalue weighted by atomic mass is 32.2. The fraction of sp³-hybridized carbons (Fsp3) is 0.643. The Balaban J connectivity index is 1.87. The summed E-state index contributed by atoms with van der Waals surface area (Å²) in [4.78, 5) is 30.4. The molecule has 2 heterocycles. The Labute approximate surface area is 133 Å². The quantitative estimate of drug-likeness (QED) is 0.837. The van der Waals surface area contributed by atoms with Gasteiger partial charge in [-0.2, -0.15) is 0 Å². The minimum atomic E-state index is -0.350. The Morgan fingerprint density at radius 1 is 1.52 bits per heavy atom. The zero-order chi connectivity index (χ0) is 15.4. The lowest BCUT2D eigenvalue weighted by molar-refractivity contribution is -0.130. The van der Waals surface area contributed by atoms with E-state index in [0.29, 0.717) is 11.7 Å². The maximum atomic E-state index is 12.2. The molecule has 0 unspecified atom stereocenters. The van der Waals surface area contributed by atoms with Gasteiger partial charge in [0.15, 0.2) is 4.34 Å². The summed E-state index contributed by atoms with van der Waals surface area (Å²) in [6.45, 7) is 5.79. The summed E-state index contributed by atoms with van der Waals surface area (Å²) >= 11 is 2.91. The number of aryl methyl sites for hydroxylation is 1. The summed E-state index contributed by atoms with van der Waals surface area (Å²) < 4.78 is 0.835. The molecule has 1 fully saturated rings. The molecule has 0 aliphatic carbocycles. The van der Waals surface area contributed by atoms with Crippen molar-refractivity contribution in [1.29, 1.82) is 0 Å². The molecular weight excluding hydrogens is 306 g/mol. The number of carbonyl (C=O) groups is 2. The first-order chi connectivity index (χ1) is 9.95. The van der Waals surface area contributed by atoms with Crippen LogP contribution < -0.4 is 5.73 Å². The molecule has 1 aromatic rings. The van der Waals surface area contributed by atoms with Gasteiger partial charge in [-0.3, -0.25) is 9.59 Å². The molecule has 116 valence electrons. The van der Waals surface area contributed by atoms with Crippen LogP contribution in [-0.2, 0) is 16.0 Å². The van der Waals surface area contributed by atoms with E-state index in [1.54, 1.807) is 0 Å². The number of rotatable bonds is 5. The Morgan fingerprint density at radius 2 is 2.29 bits per heavy atom. The van der Waals surface area contributed by atoms with Crippen LogP contribution in [0.2, 0.25) is 0 Å². The van der Waals surface area contributed by atoms with Gasteiger partial charge in [-0.05, 0) is 25.7 Å². The Bertz CT molecular complexity index is 530. The van der Waals surface area contributed by atoms with Crippen LogP contribution in [0.3, 0.4) is 0 Å². The van der Waals surface area contributed by atoms with E-state index in [9.17, 15) is 9.59 Å².